The molecule has 0 aliphatic heterocycles. The Labute approximate surface area is 167 Å². The van der Waals surface area contributed by atoms with Crippen molar-refractivity contribution in [2.24, 2.45) is 0 Å². The third-order valence-corrected chi connectivity index (χ3v) is 6.04. The highest BCUT2D eigenvalue weighted by Crippen LogP contribution is 2.31. The molecule has 3 aromatic rings. The van der Waals surface area contributed by atoms with Crippen molar-refractivity contribution in [1.82, 2.24) is 0 Å². The molecule has 0 aliphatic carbocycles. The first kappa shape index (κ1) is 19.3. The van der Waals surface area contributed by atoms with Gasteiger partial charge in [0.25, 0.3) is 5.03 Å². The monoisotopic (exact) mass is 396 g/mol. The molecular formula is C21H20N2O2S2. The summed E-state index contributed by atoms with van der Waals surface area (Å²) in [6.07, 6.45) is 1.42. The van der Waals surface area contributed by atoms with E-state index in [1.165, 1.54) is 34.0 Å². The molecule has 0 aliphatic rings. The van der Waals surface area contributed by atoms with Gasteiger partial charge in [0.05, 0.1) is 5.75 Å². The number of carbonyl (C=O) groups excluding carboxylic acids is 1. The molecule has 1 aromatic heterocycles. The minimum atomic E-state index is -0.140. The van der Waals surface area contributed by atoms with Crippen molar-refractivity contribution in [3.05, 3.63) is 83.2 Å². The molecule has 4 nitrogen and oxygen atoms in total. The molecule has 0 radical (unpaired) electrons. The molecule has 1 heterocycles. The zero-order chi connectivity index (χ0) is 19.2. The second-order valence-corrected chi connectivity index (χ2v) is 8.21. The number of nitrogens with zero attached hydrogens (tertiary/aromatic N) is 1. The highest BCUT2D eigenvalue weighted by Gasteiger charge is 2.09. The fraction of sp³-hybridized carbons (Fsp3) is 0.143. The molecule has 1 amide bonds. The summed E-state index contributed by atoms with van der Waals surface area (Å²) in [4.78, 5) is 14.5. The summed E-state index contributed by atoms with van der Waals surface area (Å²) in [7, 11) is 0. The van der Waals surface area contributed by atoms with Gasteiger partial charge in [-0.15, -0.1) is 0 Å². The molecule has 27 heavy (non-hydrogen) atoms. The summed E-state index contributed by atoms with van der Waals surface area (Å²) in [6, 6.07) is 19.3. The Balaban J connectivity index is 1.56. The summed E-state index contributed by atoms with van der Waals surface area (Å²) in [6.45, 7) is 4.19. The van der Waals surface area contributed by atoms with Crippen LogP contribution in [-0.2, 0) is 4.79 Å². The van der Waals surface area contributed by atoms with Gasteiger partial charge in [-0.25, -0.2) is 0 Å². The number of carbonyl (C=O) groups is 1. The molecule has 0 atom stereocenters. The van der Waals surface area contributed by atoms with E-state index in [1.54, 1.807) is 30.0 Å². The Morgan fingerprint density at radius 3 is 2.59 bits per heavy atom. The summed E-state index contributed by atoms with van der Waals surface area (Å²) in [5.74, 6) is 0.0457. The fourth-order valence-corrected chi connectivity index (χ4v) is 4.13. The molecule has 2 aromatic carbocycles. The van der Waals surface area contributed by atoms with Gasteiger partial charge < -0.3 is 10.5 Å². The number of aryl methyl sites for hydroxylation is 2. The van der Waals surface area contributed by atoms with E-state index in [1.807, 2.05) is 24.3 Å². The predicted octanol–water partition coefficient (Wildman–Crippen LogP) is 4.82. The largest absolute Gasteiger partial charge is 0.618 e. The van der Waals surface area contributed by atoms with E-state index in [4.69, 9.17) is 0 Å². The first-order chi connectivity index (χ1) is 13.0. The van der Waals surface area contributed by atoms with E-state index in [0.717, 1.165) is 15.3 Å². The molecule has 138 valence electrons. The van der Waals surface area contributed by atoms with Gasteiger partial charge in [0.1, 0.15) is 0 Å². The van der Waals surface area contributed by atoms with E-state index in [-0.39, 0.29) is 11.7 Å². The van der Waals surface area contributed by atoms with Crippen LogP contribution in [0.1, 0.15) is 11.1 Å². The molecule has 0 saturated carbocycles. The van der Waals surface area contributed by atoms with Crippen LogP contribution in [0.15, 0.2) is 81.7 Å². The number of hydrogen-bond donors (Lipinski definition) is 1. The number of aromatic nitrogens is 1. The van der Waals surface area contributed by atoms with Crippen LogP contribution in [0, 0.1) is 19.1 Å². The second-order valence-electron chi connectivity index (χ2n) is 6.10. The van der Waals surface area contributed by atoms with E-state index < -0.39 is 0 Å². The first-order valence-corrected chi connectivity index (χ1v) is 10.3. The average molecular weight is 397 g/mol. The van der Waals surface area contributed by atoms with Crippen molar-refractivity contribution in [3.8, 4) is 0 Å². The lowest BCUT2D eigenvalue weighted by Crippen LogP contribution is -2.28. The molecule has 0 fully saturated rings. The van der Waals surface area contributed by atoms with Gasteiger partial charge in [0.15, 0.2) is 6.20 Å². The summed E-state index contributed by atoms with van der Waals surface area (Å²) in [5, 5.41) is 15.0. The summed E-state index contributed by atoms with van der Waals surface area (Å²) in [5.41, 5.74) is 3.23. The topological polar surface area (TPSA) is 56.0 Å². The third kappa shape index (κ3) is 5.52. The molecule has 0 unspecified atom stereocenters. The molecule has 6 heteroatoms. The maximum atomic E-state index is 12.1. The Morgan fingerprint density at radius 1 is 1.07 bits per heavy atom. The Morgan fingerprint density at radius 2 is 1.85 bits per heavy atom. The van der Waals surface area contributed by atoms with E-state index >= 15 is 0 Å². The molecular weight excluding hydrogens is 376 g/mol. The van der Waals surface area contributed by atoms with Gasteiger partial charge in [-0.3, -0.25) is 4.79 Å². The summed E-state index contributed by atoms with van der Waals surface area (Å²) >= 11 is 2.93. The van der Waals surface area contributed by atoms with Crippen molar-refractivity contribution >= 4 is 35.1 Å². The van der Waals surface area contributed by atoms with E-state index in [0.29, 0.717) is 5.03 Å². The van der Waals surface area contributed by atoms with Crippen molar-refractivity contribution < 1.29 is 9.52 Å². The van der Waals surface area contributed by atoms with E-state index in [2.05, 4.69) is 37.4 Å². The van der Waals surface area contributed by atoms with Crippen LogP contribution >= 0.6 is 23.5 Å². The molecule has 0 spiro atoms. The number of thioether (sulfide) groups is 1. The zero-order valence-corrected chi connectivity index (χ0v) is 16.8. The van der Waals surface area contributed by atoms with Crippen LogP contribution in [0.2, 0.25) is 0 Å². The van der Waals surface area contributed by atoms with Gasteiger partial charge in [0, 0.05) is 27.6 Å². The van der Waals surface area contributed by atoms with Crippen LogP contribution in [0.4, 0.5) is 5.69 Å². The number of pyridine rings is 1. The van der Waals surface area contributed by atoms with Crippen LogP contribution < -0.4 is 10.0 Å². The smallest absolute Gasteiger partial charge is 0.251 e. The van der Waals surface area contributed by atoms with Crippen molar-refractivity contribution in [2.75, 3.05) is 11.1 Å². The maximum absolute atomic E-state index is 12.1. The number of amides is 1. The number of nitrogens with one attached hydrogen (secondary N) is 1. The second kappa shape index (κ2) is 8.97. The van der Waals surface area contributed by atoms with Crippen molar-refractivity contribution in [3.63, 3.8) is 0 Å². The summed E-state index contributed by atoms with van der Waals surface area (Å²) < 4.78 is 0.761. The quantitative estimate of drug-likeness (QED) is 0.369. The minimum Gasteiger partial charge on any atom is -0.618 e. The van der Waals surface area contributed by atoms with Crippen LogP contribution in [0.5, 0.6) is 0 Å². The lowest BCUT2D eigenvalue weighted by Gasteiger charge is -2.09. The normalized spacial score (nSPS) is 10.6. The van der Waals surface area contributed by atoms with Gasteiger partial charge in [0.2, 0.25) is 5.91 Å². The standard InChI is InChI=1S/C21H20N2O2S2/c1-15-6-7-16(2)19(13-15)27-18-10-8-17(9-11-18)22-20(24)14-26-21-5-3-4-12-23(21)25/h3-13H,14H2,1-2H3,(H,22,24). The van der Waals surface area contributed by atoms with Gasteiger partial charge in [-0.05, 0) is 73.1 Å². The predicted molar refractivity (Wildman–Crippen MR) is 111 cm³/mol. The number of benzene rings is 2. The Bertz CT molecular complexity index is 943. The highest BCUT2D eigenvalue weighted by atomic mass is 32.2. The Hall–Kier alpha value is -2.44. The third-order valence-electron chi connectivity index (χ3n) is 3.85. The van der Waals surface area contributed by atoms with Crippen LogP contribution in [0.3, 0.4) is 0 Å². The number of anilines is 1. The minimum absolute atomic E-state index is 0.140. The van der Waals surface area contributed by atoms with Gasteiger partial charge in [-0.2, -0.15) is 4.73 Å². The molecule has 0 saturated heterocycles. The first-order valence-electron chi connectivity index (χ1n) is 8.47. The molecule has 1 N–H and O–H groups in total. The van der Waals surface area contributed by atoms with Gasteiger partial charge >= 0.3 is 0 Å². The fourth-order valence-electron chi connectivity index (χ4n) is 2.41. The average Bonchev–Trinajstić information content (AvgIpc) is 2.66. The van der Waals surface area contributed by atoms with E-state index in [9.17, 15) is 10.0 Å². The SMILES string of the molecule is Cc1ccc(C)c(Sc2ccc(NC(=O)CSc3cccc[n+]3[O-])cc2)c1. The van der Waals surface area contributed by atoms with Crippen molar-refractivity contribution in [1.29, 1.82) is 0 Å². The van der Waals surface area contributed by atoms with Crippen LogP contribution in [-0.4, -0.2) is 11.7 Å². The van der Waals surface area contributed by atoms with Gasteiger partial charge in [-0.1, -0.05) is 23.9 Å². The lowest BCUT2D eigenvalue weighted by molar-refractivity contribution is -0.645. The lowest BCUT2D eigenvalue weighted by atomic mass is 10.2. The van der Waals surface area contributed by atoms with Crippen LogP contribution in [0.25, 0.3) is 0 Å². The molecule has 0 bridgehead atoms. The number of hydrogen-bond acceptors (Lipinski definition) is 4. The zero-order valence-electron chi connectivity index (χ0n) is 15.1. The van der Waals surface area contributed by atoms with Crippen molar-refractivity contribution in [2.45, 2.75) is 28.7 Å². The maximum Gasteiger partial charge on any atom is 0.251 e. The highest BCUT2D eigenvalue weighted by molar-refractivity contribution is 7.99. The molecule has 3 rings (SSSR count). The Kier molecular flexibility index (Phi) is 6.42. The number of rotatable bonds is 6.